The van der Waals surface area contributed by atoms with E-state index in [2.05, 4.69) is 0 Å². The van der Waals surface area contributed by atoms with Crippen LogP contribution >= 0.6 is 0 Å². The van der Waals surface area contributed by atoms with Crippen LogP contribution in [0, 0.1) is 5.92 Å². The van der Waals surface area contributed by atoms with Crippen LogP contribution in [0.2, 0.25) is 0 Å². The zero-order valence-electron chi connectivity index (χ0n) is 19.7. The zero-order chi connectivity index (χ0) is 23.5. The Morgan fingerprint density at radius 2 is 1.45 bits per heavy atom. The number of hydrogen-bond donors (Lipinski definition) is 0. The molecule has 7 heteroatoms. The first kappa shape index (κ1) is 23.1. The molecule has 2 saturated heterocycles. The summed E-state index contributed by atoms with van der Waals surface area (Å²) in [6.45, 7) is 5.10. The van der Waals surface area contributed by atoms with Crippen LogP contribution in [-0.4, -0.2) is 56.2 Å². The van der Waals surface area contributed by atoms with E-state index in [1.54, 1.807) is 19.1 Å². The maximum absolute atomic E-state index is 13.8. The van der Waals surface area contributed by atoms with Crippen LogP contribution in [0.4, 0.5) is 5.69 Å². The van der Waals surface area contributed by atoms with Crippen LogP contribution in [0.15, 0.2) is 48.5 Å². The number of hydrogen-bond acceptors (Lipinski definition) is 5. The number of amides is 2. The maximum Gasteiger partial charge on any atom is 0.228 e. The lowest BCUT2D eigenvalue weighted by atomic mass is 9.82. The summed E-state index contributed by atoms with van der Waals surface area (Å²) in [7, 11) is 3.23. The van der Waals surface area contributed by atoms with Gasteiger partial charge in [-0.05, 0) is 62.2 Å². The van der Waals surface area contributed by atoms with Crippen molar-refractivity contribution in [3.63, 3.8) is 0 Å². The first-order chi connectivity index (χ1) is 15.9. The van der Waals surface area contributed by atoms with E-state index >= 15 is 0 Å². The van der Waals surface area contributed by atoms with Crippen molar-refractivity contribution >= 4 is 17.5 Å². The van der Waals surface area contributed by atoms with Gasteiger partial charge in [0, 0.05) is 25.2 Å². The highest BCUT2D eigenvalue weighted by Gasteiger charge is 2.43. The zero-order valence-corrected chi connectivity index (χ0v) is 19.7. The van der Waals surface area contributed by atoms with Gasteiger partial charge in [0.25, 0.3) is 0 Å². The van der Waals surface area contributed by atoms with E-state index in [-0.39, 0.29) is 29.9 Å². The average Bonchev–Trinajstić information content (AvgIpc) is 2.83. The Hall–Kier alpha value is -3.06. The van der Waals surface area contributed by atoms with Crippen molar-refractivity contribution in [2.75, 3.05) is 32.2 Å². The van der Waals surface area contributed by atoms with Gasteiger partial charge in [-0.15, -0.1) is 0 Å². The standard InChI is InChI=1S/C26H32N2O5/c1-17-15-27(16-18(2)33-17)26(30)23-13-14-24(29)28(20-7-11-22(32-4)12-8-20)25(23)19-5-9-21(31-3)10-6-19/h5-12,17-18,23,25H,13-16H2,1-4H3. The van der Waals surface area contributed by atoms with Crippen molar-refractivity contribution in [2.45, 2.75) is 44.9 Å². The lowest BCUT2D eigenvalue weighted by Gasteiger charge is -2.44. The summed E-state index contributed by atoms with van der Waals surface area (Å²) in [5.41, 5.74) is 1.66. The molecule has 0 saturated carbocycles. The number of benzene rings is 2. The SMILES string of the molecule is COc1ccc(C2C(C(=O)N3CC(C)OC(C)C3)CCC(=O)N2c2ccc(OC)cc2)cc1. The fourth-order valence-electron chi connectivity index (χ4n) is 4.97. The second-order valence-electron chi connectivity index (χ2n) is 8.83. The molecule has 7 nitrogen and oxygen atoms in total. The number of anilines is 1. The largest absolute Gasteiger partial charge is 0.497 e. The van der Waals surface area contributed by atoms with Gasteiger partial charge in [0.2, 0.25) is 11.8 Å². The van der Waals surface area contributed by atoms with E-state index in [0.29, 0.717) is 31.7 Å². The Balaban J connectivity index is 1.73. The lowest BCUT2D eigenvalue weighted by molar-refractivity contribution is -0.149. The minimum atomic E-state index is -0.411. The third-order valence-electron chi connectivity index (χ3n) is 6.45. The van der Waals surface area contributed by atoms with Gasteiger partial charge in [-0.2, -0.15) is 0 Å². The van der Waals surface area contributed by atoms with E-state index in [4.69, 9.17) is 14.2 Å². The summed E-state index contributed by atoms with van der Waals surface area (Å²) in [6, 6.07) is 14.7. The summed E-state index contributed by atoms with van der Waals surface area (Å²) in [4.78, 5) is 30.7. The summed E-state index contributed by atoms with van der Waals surface area (Å²) < 4.78 is 16.4. The number of nitrogens with zero attached hydrogens (tertiary/aromatic N) is 2. The van der Waals surface area contributed by atoms with Crippen LogP contribution in [0.5, 0.6) is 11.5 Å². The Morgan fingerprint density at radius 3 is 2.00 bits per heavy atom. The predicted molar refractivity (Wildman–Crippen MR) is 126 cm³/mol. The van der Waals surface area contributed by atoms with E-state index in [9.17, 15) is 9.59 Å². The van der Waals surface area contributed by atoms with E-state index < -0.39 is 6.04 Å². The second-order valence-corrected chi connectivity index (χ2v) is 8.83. The molecule has 176 valence electrons. The molecule has 0 N–H and O–H groups in total. The predicted octanol–water partition coefficient (Wildman–Crippen LogP) is 3.82. The third-order valence-corrected chi connectivity index (χ3v) is 6.45. The van der Waals surface area contributed by atoms with Crippen molar-refractivity contribution in [1.82, 2.24) is 4.90 Å². The van der Waals surface area contributed by atoms with E-state index in [1.807, 2.05) is 67.3 Å². The Kier molecular flexibility index (Phi) is 6.88. The highest BCUT2D eigenvalue weighted by molar-refractivity contribution is 5.97. The molecule has 0 radical (unpaired) electrons. The molecule has 0 aliphatic carbocycles. The molecule has 4 rings (SSSR count). The fraction of sp³-hybridized carbons (Fsp3) is 0.462. The van der Waals surface area contributed by atoms with Gasteiger partial charge in [-0.25, -0.2) is 0 Å². The fourth-order valence-corrected chi connectivity index (χ4v) is 4.97. The van der Waals surface area contributed by atoms with Gasteiger partial charge in [0.1, 0.15) is 11.5 Å². The van der Waals surface area contributed by atoms with Gasteiger partial charge in [0.05, 0.1) is 38.4 Å². The molecule has 2 heterocycles. The average molecular weight is 453 g/mol. The van der Waals surface area contributed by atoms with Crippen LogP contribution in [-0.2, 0) is 14.3 Å². The monoisotopic (exact) mass is 452 g/mol. The summed E-state index contributed by atoms with van der Waals surface area (Å²) >= 11 is 0. The number of morpholine rings is 1. The first-order valence-electron chi connectivity index (χ1n) is 11.5. The lowest BCUT2D eigenvalue weighted by Crippen LogP contribution is -2.54. The van der Waals surface area contributed by atoms with Crippen molar-refractivity contribution < 1.29 is 23.8 Å². The Bertz CT molecular complexity index is 965. The third kappa shape index (κ3) is 4.83. The summed E-state index contributed by atoms with van der Waals surface area (Å²) in [5.74, 6) is 1.18. The van der Waals surface area contributed by atoms with Gasteiger partial charge in [0.15, 0.2) is 0 Å². The highest BCUT2D eigenvalue weighted by atomic mass is 16.5. The van der Waals surface area contributed by atoms with Gasteiger partial charge in [-0.1, -0.05) is 12.1 Å². The Morgan fingerprint density at radius 1 is 0.909 bits per heavy atom. The molecule has 4 atom stereocenters. The van der Waals surface area contributed by atoms with Crippen LogP contribution in [0.1, 0.15) is 38.3 Å². The van der Waals surface area contributed by atoms with E-state index in [1.165, 1.54) is 0 Å². The molecule has 2 aliphatic rings. The van der Waals surface area contributed by atoms with Crippen molar-refractivity contribution in [2.24, 2.45) is 5.92 Å². The quantitative estimate of drug-likeness (QED) is 0.690. The number of rotatable bonds is 5. The molecule has 2 aromatic rings. The van der Waals surface area contributed by atoms with Gasteiger partial charge < -0.3 is 24.0 Å². The van der Waals surface area contributed by atoms with E-state index in [0.717, 1.165) is 17.0 Å². The van der Waals surface area contributed by atoms with Crippen LogP contribution in [0.3, 0.4) is 0 Å². The number of piperidine rings is 1. The molecular weight excluding hydrogens is 420 g/mol. The number of ether oxygens (including phenoxy) is 3. The smallest absolute Gasteiger partial charge is 0.228 e. The number of carbonyl (C=O) groups is 2. The number of carbonyl (C=O) groups excluding carboxylic acids is 2. The molecule has 33 heavy (non-hydrogen) atoms. The molecular formula is C26H32N2O5. The second kappa shape index (κ2) is 9.83. The van der Waals surface area contributed by atoms with Crippen LogP contribution in [0.25, 0.3) is 0 Å². The number of methoxy groups -OCH3 is 2. The minimum Gasteiger partial charge on any atom is -0.497 e. The molecule has 2 aliphatic heterocycles. The molecule has 0 bridgehead atoms. The Labute approximate surface area is 195 Å². The molecule has 0 spiro atoms. The molecule has 4 unspecified atom stereocenters. The van der Waals surface area contributed by atoms with Crippen molar-refractivity contribution in [3.05, 3.63) is 54.1 Å². The van der Waals surface area contributed by atoms with Crippen molar-refractivity contribution in [1.29, 1.82) is 0 Å². The normalized spacial score (nSPS) is 25.6. The topological polar surface area (TPSA) is 68.3 Å². The maximum atomic E-state index is 13.8. The molecule has 0 aromatic heterocycles. The minimum absolute atomic E-state index is 0.00810. The van der Waals surface area contributed by atoms with Gasteiger partial charge in [-0.3, -0.25) is 9.59 Å². The van der Waals surface area contributed by atoms with Gasteiger partial charge >= 0.3 is 0 Å². The first-order valence-corrected chi connectivity index (χ1v) is 11.5. The highest BCUT2D eigenvalue weighted by Crippen LogP contribution is 2.41. The molecule has 2 amide bonds. The van der Waals surface area contributed by atoms with Crippen LogP contribution < -0.4 is 14.4 Å². The molecule has 2 aromatic carbocycles. The summed E-state index contributed by atoms with van der Waals surface area (Å²) in [6.07, 6.45) is 0.811. The van der Waals surface area contributed by atoms with Crippen molar-refractivity contribution in [3.8, 4) is 11.5 Å². The molecule has 2 fully saturated rings. The summed E-state index contributed by atoms with van der Waals surface area (Å²) in [5, 5.41) is 0.